The Bertz CT molecular complexity index is 1680. The maximum Gasteiger partial charge on any atom is 0.309 e. The second-order valence-electron chi connectivity index (χ2n) is 21.7. The van der Waals surface area contributed by atoms with Crippen molar-refractivity contribution in [3.05, 3.63) is 41.2 Å². The highest BCUT2D eigenvalue weighted by Gasteiger charge is 2.70. The van der Waals surface area contributed by atoms with Crippen LogP contribution in [0.3, 0.4) is 0 Å². The number of esters is 1. The molecule has 0 aliphatic heterocycles. The fourth-order valence-electron chi connectivity index (χ4n) is 13.9. The zero-order chi connectivity index (χ0) is 41.2. The minimum atomic E-state index is -1.15. The van der Waals surface area contributed by atoms with Gasteiger partial charge in [0.1, 0.15) is 6.10 Å². The molecule has 5 aliphatic rings. The van der Waals surface area contributed by atoms with E-state index in [2.05, 4.69) is 91.4 Å². The number of ether oxygens (including phenoxy) is 1. The number of carbonyl (C=O) groups excluding carboxylic acids is 2. The van der Waals surface area contributed by atoms with Gasteiger partial charge in [-0.3, -0.25) is 24.3 Å². The molecule has 2 unspecified atom stereocenters. The molecule has 4 saturated carbocycles. The van der Waals surface area contributed by atoms with Crippen LogP contribution in [0.25, 0.3) is 0 Å². The van der Waals surface area contributed by atoms with E-state index in [4.69, 9.17) is 9.72 Å². The van der Waals surface area contributed by atoms with Crippen molar-refractivity contribution in [2.24, 2.45) is 56.2 Å². The molecule has 9 atom stereocenters. The van der Waals surface area contributed by atoms with E-state index < -0.39 is 17.4 Å². The Morgan fingerprint density at radius 3 is 2.25 bits per heavy atom. The number of carboxylic acid groups (broad SMARTS) is 1. The first-order valence-electron chi connectivity index (χ1n) is 22.0. The first kappa shape index (κ1) is 43.0. The van der Waals surface area contributed by atoms with Gasteiger partial charge in [-0.15, -0.1) is 0 Å². The molecular formula is C48H75N3O5. The van der Waals surface area contributed by atoms with Crippen LogP contribution in [0, 0.1) is 56.2 Å². The molecule has 0 aromatic carbocycles. The van der Waals surface area contributed by atoms with Crippen LogP contribution in [0.15, 0.2) is 35.5 Å². The Morgan fingerprint density at radius 2 is 1.62 bits per heavy atom. The van der Waals surface area contributed by atoms with Gasteiger partial charge in [0, 0.05) is 42.6 Å². The van der Waals surface area contributed by atoms with Gasteiger partial charge in [0.15, 0.2) is 5.78 Å². The van der Waals surface area contributed by atoms with E-state index in [-0.39, 0.29) is 51.6 Å². The summed E-state index contributed by atoms with van der Waals surface area (Å²) in [7, 11) is 4.29. The van der Waals surface area contributed by atoms with E-state index in [0.29, 0.717) is 30.0 Å². The summed E-state index contributed by atoms with van der Waals surface area (Å²) in [4.78, 5) is 48.9. The monoisotopic (exact) mass is 774 g/mol. The molecule has 312 valence electrons. The fraction of sp³-hybridized carbons (Fsp3) is 0.792. The molecule has 56 heavy (non-hydrogen) atoms. The van der Waals surface area contributed by atoms with Crippen LogP contribution in [0.2, 0.25) is 0 Å². The number of fused-ring (bicyclic) bond motifs is 7. The number of ketones is 1. The van der Waals surface area contributed by atoms with E-state index >= 15 is 0 Å². The largest absolute Gasteiger partial charge is 0.481 e. The number of carbonyl (C=O) groups is 3. The van der Waals surface area contributed by atoms with Crippen LogP contribution in [-0.4, -0.2) is 77.4 Å². The Morgan fingerprint density at radius 1 is 0.911 bits per heavy atom. The van der Waals surface area contributed by atoms with E-state index in [0.717, 1.165) is 82.3 Å². The highest BCUT2D eigenvalue weighted by molar-refractivity contribution is 6.00. The third-order valence-corrected chi connectivity index (χ3v) is 17.3. The van der Waals surface area contributed by atoms with E-state index in [1.807, 2.05) is 12.3 Å². The number of Topliss-reactive ketones (excluding diaryl/α,β-unsaturated/α-hetero) is 1. The van der Waals surface area contributed by atoms with Crippen LogP contribution < -0.4 is 0 Å². The van der Waals surface area contributed by atoms with Gasteiger partial charge in [-0.05, 0) is 157 Å². The van der Waals surface area contributed by atoms with E-state index in [1.165, 1.54) is 6.42 Å². The van der Waals surface area contributed by atoms with Crippen molar-refractivity contribution < 1.29 is 24.2 Å². The number of likely N-dealkylation sites (N-methyl/N-ethyl adjacent to an activating group) is 1. The number of allylic oxidation sites excluding steroid dienone is 2. The zero-order valence-electron chi connectivity index (χ0n) is 37.1. The maximum absolute atomic E-state index is 14.3. The molecule has 1 aromatic heterocycles. The summed E-state index contributed by atoms with van der Waals surface area (Å²) in [6, 6.07) is 6.43. The third kappa shape index (κ3) is 7.13. The summed E-state index contributed by atoms with van der Waals surface area (Å²) in [5.41, 5.74) is 2.70. The molecule has 0 bridgehead atoms. The number of carboxylic acids is 1. The standard InChI is InChI=1S/C48H75N3O5/c1-31(2)40-35(52)29-48(24-26-51(28-27-50(11)12)32(3)34-15-13-14-25-49-34)23-22-46(9)33(41(40)48)16-17-37-45(8)20-19-38(56-39(53)30-43(4,5)42(54)55)44(6,7)36(45)18-21-47(37,46)10/h13-15,25,31-33,36-38H,16-24,26-30H2,1-12H3,(H,54,55)/t32-,33?,36+,37-,38?,45+,46-,47-,48-/m1/s1. The molecule has 5 aliphatic carbocycles. The topological polar surface area (TPSA) is 100 Å². The van der Waals surface area contributed by atoms with Crippen LogP contribution >= 0.6 is 0 Å². The summed E-state index contributed by atoms with van der Waals surface area (Å²) in [6.07, 6.45) is 11.9. The average molecular weight is 774 g/mol. The van der Waals surface area contributed by atoms with Gasteiger partial charge < -0.3 is 14.7 Å². The van der Waals surface area contributed by atoms with Gasteiger partial charge in [-0.2, -0.15) is 0 Å². The maximum atomic E-state index is 14.3. The number of aromatic nitrogens is 1. The van der Waals surface area contributed by atoms with Gasteiger partial charge in [-0.1, -0.05) is 60.1 Å². The summed E-state index contributed by atoms with van der Waals surface area (Å²) in [5, 5.41) is 9.65. The first-order chi connectivity index (χ1) is 26.0. The lowest BCUT2D eigenvalue weighted by atomic mass is 9.33. The minimum Gasteiger partial charge on any atom is -0.481 e. The molecule has 0 radical (unpaired) electrons. The molecule has 0 saturated heterocycles. The van der Waals surface area contributed by atoms with Gasteiger partial charge in [-0.25, -0.2) is 0 Å². The number of aliphatic carboxylic acids is 1. The van der Waals surface area contributed by atoms with Crippen molar-refractivity contribution in [2.45, 2.75) is 152 Å². The number of rotatable bonds is 13. The lowest BCUT2D eigenvalue weighted by molar-refractivity contribution is -0.233. The van der Waals surface area contributed by atoms with Gasteiger partial charge >= 0.3 is 11.9 Å². The number of pyridine rings is 1. The van der Waals surface area contributed by atoms with Gasteiger partial charge in [0.05, 0.1) is 17.5 Å². The molecular weight excluding hydrogens is 699 g/mol. The van der Waals surface area contributed by atoms with E-state index in [9.17, 15) is 19.5 Å². The normalized spacial score (nSPS) is 35.9. The zero-order valence-corrected chi connectivity index (χ0v) is 37.1. The Balaban J connectivity index is 1.27. The number of hydrogen-bond acceptors (Lipinski definition) is 7. The fourth-order valence-corrected chi connectivity index (χ4v) is 13.9. The lowest BCUT2D eigenvalue weighted by Crippen LogP contribution is -2.65. The summed E-state index contributed by atoms with van der Waals surface area (Å²) < 4.78 is 6.21. The predicted molar refractivity (Wildman–Crippen MR) is 223 cm³/mol. The smallest absolute Gasteiger partial charge is 0.309 e. The molecule has 1 heterocycles. The molecule has 8 nitrogen and oxygen atoms in total. The van der Waals surface area contributed by atoms with Crippen molar-refractivity contribution in [1.29, 1.82) is 0 Å². The van der Waals surface area contributed by atoms with Crippen LogP contribution in [-0.2, 0) is 19.1 Å². The van der Waals surface area contributed by atoms with Gasteiger partial charge in [0.25, 0.3) is 0 Å². The molecule has 1 aromatic rings. The quantitative estimate of drug-likeness (QED) is 0.198. The predicted octanol–water partition coefficient (Wildman–Crippen LogP) is 9.79. The molecule has 6 rings (SSSR count). The second-order valence-corrected chi connectivity index (χ2v) is 21.7. The highest BCUT2D eigenvalue weighted by atomic mass is 16.5. The Labute approximate surface area is 339 Å². The molecule has 4 fully saturated rings. The summed E-state index contributed by atoms with van der Waals surface area (Å²) >= 11 is 0. The SMILES string of the molecule is CC(C)C1=C2C3CC[C@@H]4[C@@]5(C)CCC(OC(=O)CC(C)(C)C(=O)O)C(C)(C)[C@@H]5CC[C@@]4(C)[C@]3(C)CC[C@@]2(CCN(CCN(C)C)[C@H](C)c2ccccn2)CC1=O. The van der Waals surface area contributed by atoms with Crippen molar-refractivity contribution >= 4 is 17.7 Å². The van der Waals surface area contributed by atoms with Crippen LogP contribution in [0.5, 0.6) is 0 Å². The first-order valence-corrected chi connectivity index (χ1v) is 22.0. The average Bonchev–Trinajstić information content (AvgIpc) is 3.41. The van der Waals surface area contributed by atoms with Crippen molar-refractivity contribution in [3.8, 4) is 0 Å². The molecule has 0 amide bonds. The Kier molecular flexibility index (Phi) is 11.7. The summed E-state index contributed by atoms with van der Waals surface area (Å²) in [5.74, 6) is 0.612. The molecule has 1 N–H and O–H groups in total. The highest BCUT2D eigenvalue weighted by Crippen LogP contribution is 2.77. The number of hydrogen-bond donors (Lipinski definition) is 1. The second kappa shape index (κ2) is 15.2. The Hall–Kier alpha value is -2.58. The van der Waals surface area contributed by atoms with Crippen molar-refractivity contribution in [3.63, 3.8) is 0 Å². The van der Waals surface area contributed by atoms with Crippen LogP contribution in [0.4, 0.5) is 0 Å². The summed E-state index contributed by atoms with van der Waals surface area (Å²) in [6.45, 7) is 25.3. The van der Waals surface area contributed by atoms with Crippen LogP contribution in [0.1, 0.15) is 152 Å². The lowest BCUT2D eigenvalue weighted by Gasteiger charge is -2.72. The molecule has 0 spiro atoms. The van der Waals surface area contributed by atoms with E-state index in [1.54, 1.807) is 19.4 Å². The van der Waals surface area contributed by atoms with Crippen molar-refractivity contribution in [2.75, 3.05) is 33.7 Å². The number of nitrogens with zero attached hydrogens (tertiary/aromatic N) is 3. The minimum absolute atomic E-state index is 0.0789. The van der Waals surface area contributed by atoms with Crippen molar-refractivity contribution in [1.82, 2.24) is 14.8 Å². The molecule has 8 heteroatoms. The van der Waals surface area contributed by atoms with Gasteiger partial charge in [0.2, 0.25) is 0 Å². The third-order valence-electron chi connectivity index (χ3n) is 17.3.